The van der Waals surface area contributed by atoms with E-state index in [9.17, 15) is 48.7 Å². The first-order valence-electron chi connectivity index (χ1n) is 20.2. The Morgan fingerprint density at radius 1 is 0.855 bits per heavy atom. The molecule has 6 fully saturated rings. The lowest BCUT2D eigenvalue weighted by Gasteiger charge is -2.66. The van der Waals surface area contributed by atoms with Crippen molar-refractivity contribution in [3.63, 3.8) is 0 Å². The second-order valence-corrected chi connectivity index (χ2v) is 19.7. The van der Waals surface area contributed by atoms with E-state index in [4.69, 9.17) is 23.7 Å². The molecule has 0 aromatic rings. The summed E-state index contributed by atoms with van der Waals surface area (Å²) in [5.41, 5.74) is -1.95. The molecule has 6 rings (SSSR count). The molecule has 4 aliphatic carbocycles. The third kappa shape index (κ3) is 8.29. The Hall–Kier alpha value is -0.610. The van der Waals surface area contributed by atoms with Gasteiger partial charge < -0.3 is 59.4 Å². The molecule has 12 unspecified atom stereocenters. The number of fused-ring (bicyclic) bond motifs is 5. The smallest absolute Gasteiger partial charge is 0.393 e. The molecule has 0 aromatic carbocycles. The molecule has 320 valence electrons. The van der Waals surface area contributed by atoms with Crippen LogP contribution in [0.4, 0.5) is 0 Å². The standard InChI is InChI=1S/C38H66O16S/c1-18(2)26(52-35-32(30(44)27(53-35)17-51-55(46,47)48)54-34-31(49-6)29(43)25(42)16-50-34)8-7-19(3)21-14-23(40)33-37(21,5)12-10-28-36(4)11-9-20(39)13-22(36)24(41)15-38(28,33)45/h18-35,39-45H,7-17H2,1-6H3,(H,46,47,48)/t19-,20+,21-,22?,23?,24+,25?,26+,27?,28?,29?,30?,31?,32?,33?,34?,35?,36+,37-,38+/m1/s1. The van der Waals surface area contributed by atoms with E-state index >= 15 is 0 Å². The van der Waals surface area contributed by atoms with Crippen LogP contribution in [-0.2, 0) is 38.3 Å². The molecule has 0 aromatic heterocycles. The van der Waals surface area contributed by atoms with Crippen LogP contribution in [0.25, 0.3) is 0 Å². The van der Waals surface area contributed by atoms with E-state index < -0.39 is 102 Å². The Kier molecular flexibility index (Phi) is 13.1. The van der Waals surface area contributed by atoms with Crippen molar-refractivity contribution in [1.82, 2.24) is 0 Å². The van der Waals surface area contributed by atoms with Crippen LogP contribution in [0.2, 0.25) is 0 Å². The number of methoxy groups -OCH3 is 1. The summed E-state index contributed by atoms with van der Waals surface area (Å²) in [6, 6.07) is 0. The molecule has 2 aliphatic heterocycles. The summed E-state index contributed by atoms with van der Waals surface area (Å²) in [5, 5.41) is 78.2. The minimum absolute atomic E-state index is 0.0589. The summed E-state index contributed by atoms with van der Waals surface area (Å²) in [6.45, 7) is 9.43. The van der Waals surface area contributed by atoms with Crippen LogP contribution in [0.15, 0.2) is 0 Å². The maximum Gasteiger partial charge on any atom is 0.397 e. The van der Waals surface area contributed by atoms with E-state index in [1.807, 2.05) is 13.8 Å². The van der Waals surface area contributed by atoms with Gasteiger partial charge in [-0.05, 0) is 91.8 Å². The molecule has 0 spiro atoms. The van der Waals surface area contributed by atoms with Crippen LogP contribution < -0.4 is 0 Å². The first kappa shape index (κ1) is 44.0. The third-order valence-electron chi connectivity index (χ3n) is 15.1. The molecular formula is C38H66O16S. The fraction of sp³-hybridized carbons (Fsp3) is 1.00. The van der Waals surface area contributed by atoms with Crippen molar-refractivity contribution in [2.45, 2.75) is 172 Å². The molecule has 2 heterocycles. The van der Waals surface area contributed by atoms with Gasteiger partial charge in [0.1, 0.15) is 36.6 Å². The Balaban J connectivity index is 1.15. The van der Waals surface area contributed by atoms with Crippen molar-refractivity contribution in [2.24, 2.45) is 46.3 Å². The lowest BCUT2D eigenvalue weighted by molar-refractivity contribution is -0.311. The number of aliphatic hydroxyl groups excluding tert-OH is 6. The highest BCUT2D eigenvalue weighted by Gasteiger charge is 2.70. The maximum atomic E-state index is 12.7. The zero-order chi connectivity index (χ0) is 40.4. The molecule has 55 heavy (non-hydrogen) atoms. The molecule has 20 atom stereocenters. The van der Waals surface area contributed by atoms with Gasteiger partial charge in [0.2, 0.25) is 0 Å². The Labute approximate surface area is 324 Å². The van der Waals surface area contributed by atoms with Gasteiger partial charge in [-0.2, -0.15) is 8.42 Å². The lowest BCUT2D eigenvalue weighted by Crippen LogP contribution is -2.68. The highest BCUT2D eigenvalue weighted by molar-refractivity contribution is 7.80. The van der Waals surface area contributed by atoms with E-state index in [-0.39, 0.29) is 53.4 Å². The topological polar surface area (TPSA) is 251 Å². The van der Waals surface area contributed by atoms with Gasteiger partial charge in [-0.1, -0.05) is 34.6 Å². The SMILES string of the molecule is COC1C(OC2C(O[C@@H](CC[C@@H](C)[C@H]3CC(O)C4[C@]5(O)C[C@H](O)C6C[C@@H](O)CC[C@]6(C)C5CC[C@@]43C)C(C)C)OC(COS(=O)(=O)O)C2O)OCC(O)C1O. The van der Waals surface area contributed by atoms with Crippen LogP contribution in [0, 0.1) is 46.3 Å². The number of hydrogen-bond acceptors (Lipinski definition) is 15. The van der Waals surface area contributed by atoms with Gasteiger partial charge >= 0.3 is 10.4 Å². The molecule has 17 heteroatoms. The predicted octanol–water partition coefficient (Wildman–Crippen LogP) is 0.904. The van der Waals surface area contributed by atoms with Crippen molar-refractivity contribution in [3.8, 4) is 0 Å². The van der Waals surface area contributed by atoms with Gasteiger partial charge in [0.25, 0.3) is 0 Å². The van der Waals surface area contributed by atoms with Crippen molar-refractivity contribution < 1.29 is 76.6 Å². The van der Waals surface area contributed by atoms with Gasteiger partial charge in [-0.25, -0.2) is 4.18 Å². The Morgan fingerprint density at radius 3 is 2.20 bits per heavy atom. The zero-order valence-corrected chi connectivity index (χ0v) is 33.7. The van der Waals surface area contributed by atoms with Gasteiger partial charge in [0.05, 0.1) is 43.2 Å². The number of ether oxygens (including phenoxy) is 5. The van der Waals surface area contributed by atoms with Crippen LogP contribution >= 0.6 is 0 Å². The maximum absolute atomic E-state index is 12.7. The summed E-state index contributed by atoms with van der Waals surface area (Å²) in [5.74, 6) is -0.481. The fourth-order valence-electron chi connectivity index (χ4n) is 12.3. The Bertz CT molecular complexity index is 1420. The van der Waals surface area contributed by atoms with Gasteiger partial charge in [-0.3, -0.25) is 4.55 Å². The average Bonchev–Trinajstić information content (AvgIpc) is 3.55. The quantitative estimate of drug-likeness (QED) is 0.120. The summed E-state index contributed by atoms with van der Waals surface area (Å²) in [6.07, 6.45) is -7.31. The minimum Gasteiger partial charge on any atom is -0.393 e. The Morgan fingerprint density at radius 2 is 1.55 bits per heavy atom. The number of rotatable bonds is 13. The van der Waals surface area contributed by atoms with Gasteiger partial charge in [0, 0.05) is 19.4 Å². The number of aliphatic hydroxyl groups is 7. The van der Waals surface area contributed by atoms with Crippen molar-refractivity contribution in [1.29, 1.82) is 0 Å². The van der Waals surface area contributed by atoms with Crippen LogP contribution in [0.1, 0.15) is 92.4 Å². The molecule has 6 aliphatic rings. The highest BCUT2D eigenvalue weighted by atomic mass is 32.3. The fourth-order valence-corrected chi connectivity index (χ4v) is 12.6. The van der Waals surface area contributed by atoms with E-state index in [2.05, 4.69) is 25.0 Å². The van der Waals surface area contributed by atoms with Crippen molar-refractivity contribution in [3.05, 3.63) is 0 Å². The molecule has 8 N–H and O–H groups in total. The highest BCUT2D eigenvalue weighted by Crippen LogP contribution is 2.70. The minimum atomic E-state index is -4.86. The molecule has 16 nitrogen and oxygen atoms in total. The molecule has 2 saturated heterocycles. The summed E-state index contributed by atoms with van der Waals surface area (Å²) in [4.78, 5) is 0. The molecule has 4 saturated carbocycles. The van der Waals surface area contributed by atoms with E-state index in [1.54, 1.807) is 0 Å². The molecular weight excluding hydrogens is 744 g/mol. The van der Waals surface area contributed by atoms with Gasteiger partial charge in [-0.15, -0.1) is 0 Å². The second kappa shape index (κ2) is 16.4. The van der Waals surface area contributed by atoms with E-state index in [1.165, 1.54) is 7.11 Å². The molecule has 0 radical (unpaired) electrons. The summed E-state index contributed by atoms with van der Waals surface area (Å²) >= 11 is 0. The third-order valence-corrected chi connectivity index (χ3v) is 15.5. The predicted molar refractivity (Wildman–Crippen MR) is 193 cm³/mol. The van der Waals surface area contributed by atoms with E-state index in [0.717, 1.165) is 19.3 Å². The van der Waals surface area contributed by atoms with Crippen LogP contribution in [-0.4, -0.2) is 148 Å². The molecule has 0 amide bonds. The van der Waals surface area contributed by atoms with Crippen LogP contribution in [0.5, 0.6) is 0 Å². The largest absolute Gasteiger partial charge is 0.397 e. The average molecular weight is 811 g/mol. The normalized spacial score (nSPS) is 50.0. The van der Waals surface area contributed by atoms with Crippen LogP contribution in [0.3, 0.4) is 0 Å². The molecule has 0 bridgehead atoms. The monoisotopic (exact) mass is 810 g/mol. The van der Waals surface area contributed by atoms with Crippen molar-refractivity contribution >= 4 is 10.4 Å². The van der Waals surface area contributed by atoms with Gasteiger partial charge in [0.15, 0.2) is 12.6 Å². The second-order valence-electron chi connectivity index (χ2n) is 18.6. The summed E-state index contributed by atoms with van der Waals surface area (Å²) in [7, 11) is -3.56. The summed E-state index contributed by atoms with van der Waals surface area (Å²) < 4.78 is 65.8. The lowest BCUT2D eigenvalue weighted by atomic mass is 9.42. The van der Waals surface area contributed by atoms with E-state index in [0.29, 0.717) is 32.1 Å². The zero-order valence-electron chi connectivity index (χ0n) is 32.9. The van der Waals surface area contributed by atoms with Crippen molar-refractivity contribution in [2.75, 3.05) is 20.3 Å². The number of hydrogen-bond donors (Lipinski definition) is 8. The first-order chi connectivity index (χ1) is 25.6. The first-order valence-corrected chi connectivity index (χ1v) is 21.5.